The molecule has 0 saturated heterocycles. The molecular weight excluding hydrogens is 278 g/mol. The van der Waals surface area contributed by atoms with Crippen LogP contribution in [-0.4, -0.2) is 22.3 Å². The van der Waals surface area contributed by atoms with Gasteiger partial charge in [-0.2, -0.15) is 5.26 Å². The third-order valence-electron chi connectivity index (χ3n) is 2.64. The SMILES string of the molecule is CC(C)NC(C)(C#N)CCCSc1ncccc1Cl. The van der Waals surface area contributed by atoms with E-state index in [1.165, 1.54) is 0 Å². The summed E-state index contributed by atoms with van der Waals surface area (Å²) < 4.78 is 0. The Hall–Kier alpha value is -0.760. The molecule has 5 heteroatoms. The molecule has 0 bridgehead atoms. The summed E-state index contributed by atoms with van der Waals surface area (Å²) in [5, 5.41) is 14.1. The summed E-state index contributed by atoms with van der Waals surface area (Å²) in [6, 6.07) is 6.33. The molecule has 19 heavy (non-hydrogen) atoms. The molecule has 1 N–H and O–H groups in total. The van der Waals surface area contributed by atoms with Crippen LogP contribution >= 0.6 is 23.4 Å². The highest BCUT2D eigenvalue weighted by atomic mass is 35.5. The van der Waals surface area contributed by atoms with Gasteiger partial charge in [-0.1, -0.05) is 11.6 Å². The van der Waals surface area contributed by atoms with E-state index in [4.69, 9.17) is 11.6 Å². The number of thioether (sulfide) groups is 1. The second kappa shape index (κ2) is 7.74. The highest BCUT2D eigenvalue weighted by Gasteiger charge is 2.23. The molecular formula is C14H20ClN3S. The van der Waals surface area contributed by atoms with Gasteiger partial charge in [0.15, 0.2) is 0 Å². The van der Waals surface area contributed by atoms with E-state index in [9.17, 15) is 5.26 Å². The topological polar surface area (TPSA) is 48.7 Å². The fourth-order valence-electron chi connectivity index (χ4n) is 1.87. The molecule has 1 aromatic rings. The lowest BCUT2D eigenvalue weighted by atomic mass is 9.97. The van der Waals surface area contributed by atoms with Gasteiger partial charge in [0.2, 0.25) is 0 Å². The predicted molar refractivity (Wildman–Crippen MR) is 81.5 cm³/mol. The van der Waals surface area contributed by atoms with Gasteiger partial charge in [0.1, 0.15) is 10.6 Å². The number of nitrogens with one attached hydrogen (secondary N) is 1. The summed E-state index contributed by atoms with van der Waals surface area (Å²) >= 11 is 7.68. The van der Waals surface area contributed by atoms with Crippen LogP contribution in [0.1, 0.15) is 33.6 Å². The molecule has 104 valence electrons. The molecule has 0 aliphatic heterocycles. The molecule has 0 saturated carbocycles. The summed E-state index contributed by atoms with van der Waals surface area (Å²) in [5.41, 5.74) is -0.456. The third kappa shape index (κ3) is 5.82. The van der Waals surface area contributed by atoms with E-state index in [0.29, 0.717) is 11.1 Å². The maximum atomic E-state index is 9.24. The Balaban J connectivity index is 2.38. The van der Waals surface area contributed by atoms with Crippen LogP contribution in [0.4, 0.5) is 0 Å². The first-order valence-corrected chi connectivity index (χ1v) is 7.75. The van der Waals surface area contributed by atoms with Crippen molar-refractivity contribution in [3.63, 3.8) is 0 Å². The summed E-state index contributed by atoms with van der Waals surface area (Å²) in [7, 11) is 0. The molecule has 3 nitrogen and oxygen atoms in total. The molecule has 1 heterocycles. The summed E-state index contributed by atoms with van der Waals surface area (Å²) in [6.45, 7) is 6.06. The van der Waals surface area contributed by atoms with Crippen molar-refractivity contribution in [1.82, 2.24) is 10.3 Å². The second-order valence-corrected chi connectivity index (χ2v) is 6.48. The molecule has 0 aliphatic carbocycles. The fraction of sp³-hybridized carbons (Fsp3) is 0.571. The van der Waals surface area contributed by atoms with E-state index >= 15 is 0 Å². The first-order chi connectivity index (χ1) is 8.97. The van der Waals surface area contributed by atoms with Gasteiger partial charge in [-0.3, -0.25) is 5.32 Å². The smallest absolute Gasteiger partial charge is 0.115 e. The van der Waals surface area contributed by atoms with Crippen LogP contribution in [0.5, 0.6) is 0 Å². The van der Waals surface area contributed by atoms with Crippen LogP contribution in [0.25, 0.3) is 0 Å². The van der Waals surface area contributed by atoms with Gasteiger partial charge >= 0.3 is 0 Å². The fourth-order valence-corrected chi connectivity index (χ4v) is 2.98. The van der Waals surface area contributed by atoms with Crippen molar-refractivity contribution in [2.45, 2.75) is 50.2 Å². The quantitative estimate of drug-likeness (QED) is 0.613. The van der Waals surface area contributed by atoms with E-state index in [1.807, 2.05) is 19.1 Å². The maximum Gasteiger partial charge on any atom is 0.115 e. The second-order valence-electron chi connectivity index (χ2n) is 4.99. The zero-order chi connectivity index (χ0) is 14.3. The van der Waals surface area contributed by atoms with E-state index in [1.54, 1.807) is 18.0 Å². The average molecular weight is 298 g/mol. The van der Waals surface area contributed by atoms with Gasteiger partial charge in [0.25, 0.3) is 0 Å². The number of rotatable bonds is 7. The van der Waals surface area contributed by atoms with Crippen molar-refractivity contribution in [1.29, 1.82) is 5.26 Å². The van der Waals surface area contributed by atoms with Crippen molar-refractivity contribution >= 4 is 23.4 Å². The molecule has 0 fully saturated rings. The lowest BCUT2D eigenvalue weighted by molar-refractivity contribution is 0.380. The van der Waals surface area contributed by atoms with Crippen molar-refractivity contribution in [2.24, 2.45) is 0 Å². The van der Waals surface area contributed by atoms with Crippen molar-refractivity contribution in [3.8, 4) is 6.07 Å². The first-order valence-electron chi connectivity index (χ1n) is 6.39. The van der Waals surface area contributed by atoms with Crippen LogP contribution in [0.15, 0.2) is 23.4 Å². The van der Waals surface area contributed by atoms with E-state index < -0.39 is 5.54 Å². The normalized spacial score (nSPS) is 14.1. The zero-order valence-electron chi connectivity index (χ0n) is 11.6. The highest BCUT2D eigenvalue weighted by molar-refractivity contribution is 7.99. The van der Waals surface area contributed by atoms with E-state index in [0.717, 1.165) is 23.6 Å². The molecule has 0 aliphatic rings. The number of nitrogens with zero attached hydrogens (tertiary/aromatic N) is 2. The standard InChI is InChI=1S/C14H20ClN3S/c1-11(2)18-14(3,10-16)7-5-9-19-13-12(15)6-4-8-17-13/h4,6,8,11,18H,5,7,9H2,1-3H3. The Morgan fingerprint density at radius 3 is 2.89 bits per heavy atom. The predicted octanol–water partition coefficient (Wildman–Crippen LogP) is 3.89. The van der Waals surface area contributed by atoms with Crippen LogP contribution in [0.2, 0.25) is 5.02 Å². The molecule has 1 aromatic heterocycles. The van der Waals surface area contributed by atoms with Crippen LogP contribution < -0.4 is 5.32 Å². The average Bonchev–Trinajstić information content (AvgIpc) is 2.36. The minimum absolute atomic E-state index is 0.308. The van der Waals surface area contributed by atoms with Crippen LogP contribution in [-0.2, 0) is 0 Å². The Labute approximate surface area is 124 Å². The van der Waals surface area contributed by atoms with Gasteiger partial charge < -0.3 is 0 Å². The summed E-state index contributed by atoms with van der Waals surface area (Å²) in [5.74, 6) is 0.910. The number of hydrogen-bond donors (Lipinski definition) is 1. The van der Waals surface area contributed by atoms with Crippen molar-refractivity contribution < 1.29 is 0 Å². The third-order valence-corrected chi connectivity index (χ3v) is 4.15. The molecule has 1 unspecified atom stereocenters. The molecule has 1 rings (SSSR count). The Bertz CT molecular complexity index is 445. The van der Waals surface area contributed by atoms with Gasteiger partial charge in [0, 0.05) is 12.2 Å². The number of halogens is 1. The first kappa shape index (κ1) is 16.3. The number of hydrogen-bond acceptors (Lipinski definition) is 4. The number of pyridine rings is 1. The lowest BCUT2D eigenvalue weighted by Crippen LogP contribution is -2.44. The number of aromatic nitrogens is 1. The minimum Gasteiger partial charge on any atom is -0.297 e. The Kier molecular flexibility index (Phi) is 6.64. The Morgan fingerprint density at radius 1 is 1.58 bits per heavy atom. The minimum atomic E-state index is -0.456. The monoisotopic (exact) mass is 297 g/mol. The zero-order valence-corrected chi connectivity index (χ0v) is 13.2. The van der Waals surface area contributed by atoms with Crippen LogP contribution in [0, 0.1) is 11.3 Å². The van der Waals surface area contributed by atoms with Gasteiger partial charge in [-0.15, -0.1) is 11.8 Å². The maximum absolute atomic E-state index is 9.24. The molecule has 0 amide bonds. The lowest BCUT2D eigenvalue weighted by Gasteiger charge is -2.25. The van der Waals surface area contributed by atoms with Crippen molar-refractivity contribution in [3.05, 3.63) is 23.4 Å². The molecule has 0 aromatic carbocycles. The van der Waals surface area contributed by atoms with E-state index in [-0.39, 0.29) is 0 Å². The van der Waals surface area contributed by atoms with Gasteiger partial charge in [-0.05, 0) is 51.5 Å². The van der Waals surface area contributed by atoms with Crippen LogP contribution in [0.3, 0.4) is 0 Å². The molecule has 0 spiro atoms. The van der Waals surface area contributed by atoms with E-state index in [2.05, 4.69) is 30.2 Å². The number of nitriles is 1. The molecule has 1 atom stereocenters. The molecule has 0 radical (unpaired) electrons. The van der Waals surface area contributed by atoms with Gasteiger partial charge in [-0.25, -0.2) is 4.98 Å². The van der Waals surface area contributed by atoms with Crippen molar-refractivity contribution in [2.75, 3.05) is 5.75 Å². The largest absolute Gasteiger partial charge is 0.297 e. The van der Waals surface area contributed by atoms with Gasteiger partial charge in [0.05, 0.1) is 11.1 Å². The highest BCUT2D eigenvalue weighted by Crippen LogP contribution is 2.25. The summed E-state index contributed by atoms with van der Waals surface area (Å²) in [6.07, 6.45) is 3.51. The Morgan fingerprint density at radius 2 is 2.32 bits per heavy atom. The summed E-state index contributed by atoms with van der Waals surface area (Å²) in [4.78, 5) is 4.23.